The van der Waals surface area contributed by atoms with Crippen LogP contribution < -0.4 is 5.32 Å². The molecule has 0 saturated carbocycles. The number of furan rings is 1. The van der Waals surface area contributed by atoms with E-state index < -0.39 is 17.9 Å². The molecule has 1 amide bonds. The predicted octanol–water partition coefficient (Wildman–Crippen LogP) is 2.40. The standard InChI is InChI=1S/C16H20N2O5/c1-4-9(2)14(16(20)21)18-13(19)8-11-10(3)23-15(17-11)12-6-5-7-22-12/h5-7,9,14H,4,8H2,1-3H3,(H,18,19)(H,20,21)/t9-,14-/m0/s1. The molecule has 23 heavy (non-hydrogen) atoms. The maximum atomic E-state index is 12.1. The SMILES string of the molecule is CC[C@H](C)[C@H](NC(=O)Cc1nc(-c2ccco2)oc1C)C(=O)O. The first kappa shape index (κ1) is 16.8. The number of carboxylic acid groups (broad SMARTS) is 1. The fraction of sp³-hybridized carbons (Fsp3) is 0.438. The summed E-state index contributed by atoms with van der Waals surface area (Å²) in [5.74, 6) is -0.328. The van der Waals surface area contributed by atoms with E-state index in [2.05, 4.69) is 10.3 Å². The van der Waals surface area contributed by atoms with Gasteiger partial charge in [0.1, 0.15) is 11.8 Å². The van der Waals surface area contributed by atoms with Crippen LogP contribution in [0.5, 0.6) is 0 Å². The van der Waals surface area contributed by atoms with E-state index in [0.717, 1.165) is 0 Å². The van der Waals surface area contributed by atoms with Gasteiger partial charge in [-0.1, -0.05) is 20.3 Å². The van der Waals surface area contributed by atoms with E-state index >= 15 is 0 Å². The van der Waals surface area contributed by atoms with E-state index in [4.69, 9.17) is 8.83 Å². The Morgan fingerprint density at radius 2 is 2.17 bits per heavy atom. The van der Waals surface area contributed by atoms with E-state index in [1.54, 1.807) is 26.0 Å². The molecular weight excluding hydrogens is 300 g/mol. The molecular formula is C16H20N2O5. The Balaban J connectivity index is 2.07. The normalized spacial score (nSPS) is 13.5. The van der Waals surface area contributed by atoms with Crippen molar-refractivity contribution < 1.29 is 23.5 Å². The second kappa shape index (κ2) is 7.13. The minimum absolute atomic E-state index is 0.0454. The molecule has 0 aliphatic carbocycles. The number of amides is 1. The van der Waals surface area contributed by atoms with Crippen LogP contribution in [0.3, 0.4) is 0 Å². The van der Waals surface area contributed by atoms with Crippen LogP contribution in [-0.4, -0.2) is 28.0 Å². The Morgan fingerprint density at radius 1 is 1.43 bits per heavy atom. The van der Waals surface area contributed by atoms with Crippen LogP contribution in [0.4, 0.5) is 0 Å². The average Bonchev–Trinajstić information content (AvgIpc) is 3.14. The maximum Gasteiger partial charge on any atom is 0.326 e. The summed E-state index contributed by atoms with van der Waals surface area (Å²) in [7, 11) is 0. The molecule has 2 aromatic heterocycles. The summed E-state index contributed by atoms with van der Waals surface area (Å²) in [5, 5.41) is 11.8. The summed E-state index contributed by atoms with van der Waals surface area (Å²) in [4.78, 5) is 27.6. The van der Waals surface area contributed by atoms with Gasteiger partial charge in [-0.05, 0) is 25.0 Å². The van der Waals surface area contributed by atoms with Gasteiger partial charge in [0, 0.05) is 0 Å². The Hall–Kier alpha value is -2.57. The number of aryl methyl sites for hydroxylation is 1. The summed E-state index contributed by atoms with van der Waals surface area (Å²) in [6.45, 7) is 5.37. The summed E-state index contributed by atoms with van der Waals surface area (Å²) in [6, 6.07) is 2.51. The Labute approximate surface area is 133 Å². The third kappa shape index (κ3) is 4.00. The van der Waals surface area contributed by atoms with E-state index in [1.165, 1.54) is 6.26 Å². The van der Waals surface area contributed by atoms with Crippen molar-refractivity contribution in [3.8, 4) is 11.7 Å². The average molecular weight is 320 g/mol. The zero-order chi connectivity index (χ0) is 17.0. The first-order chi connectivity index (χ1) is 10.9. The van der Waals surface area contributed by atoms with Gasteiger partial charge in [0.15, 0.2) is 5.76 Å². The van der Waals surface area contributed by atoms with Gasteiger partial charge in [-0.2, -0.15) is 0 Å². The summed E-state index contributed by atoms with van der Waals surface area (Å²) in [5.41, 5.74) is 0.460. The van der Waals surface area contributed by atoms with E-state index in [1.807, 2.05) is 6.92 Å². The molecule has 0 spiro atoms. The van der Waals surface area contributed by atoms with Gasteiger partial charge in [0.2, 0.25) is 5.91 Å². The number of carbonyl (C=O) groups is 2. The monoisotopic (exact) mass is 320 g/mol. The molecule has 2 heterocycles. The molecule has 7 heteroatoms. The lowest BCUT2D eigenvalue weighted by Crippen LogP contribution is -2.45. The van der Waals surface area contributed by atoms with Crippen LogP contribution in [-0.2, 0) is 16.0 Å². The van der Waals surface area contributed by atoms with Crippen LogP contribution in [0.25, 0.3) is 11.7 Å². The topological polar surface area (TPSA) is 106 Å². The van der Waals surface area contributed by atoms with Crippen LogP contribution in [0.1, 0.15) is 31.7 Å². The first-order valence-corrected chi connectivity index (χ1v) is 7.44. The zero-order valence-electron chi connectivity index (χ0n) is 13.3. The van der Waals surface area contributed by atoms with Crippen LogP contribution in [0.2, 0.25) is 0 Å². The van der Waals surface area contributed by atoms with E-state index in [0.29, 0.717) is 29.5 Å². The van der Waals surface area contributed by atoms with Crippen molar-refractivity contribution in [2.75, 3.05) is 0 Å². The van der Waals surface area contributed by atoms with Crippen molar-refractivity contribution in [3.63, 3.8) is 0 Å². The number of aromatic nitrogens is 1. The number of aliphatic carboxylic acids is 1. The molecule has 0 aromatic carbocycles. The van der Waals surface area contributed by atoms with Gasteiger partial charge in [0.25, 0.3) is 5.89 Å². The number of hydrogen-bond donors (Lipinski definition) is 2. The summed E-state index contributed by atoms with van der Waals surface area (Å²) in [6.07, 6.45) is 2.12. The minimum Gasteiger partial charge on any atom is -0.480 e. The number of rotatable bonds is 7. The largest absolute Gasteiger partial charge is 0.480 e. The number of nitrogens with zero attached hydrogens (tertiary/aromatic N) is 1. The molecule has 2 atom stereocenters. The minimum atomic E-state index is -1.04. The highest BCUT2D eigenvalue weighted by Crippen LogP contribution is 2.22. The fourth-order valence-corrected chi connectivity index (χ4v) is 2.16. The maximum absolute atomic E-state index is 12.1. The van der Waals surface area contributed by atoms with Crippen molar-refractivity contribution in [1.29, 1.82) is 0 Å². The summed E-state index contributed by atoms with van der Waals surface area (Å²) < 4.78 is 10.7. The lowest BCUT2D eigenvalue weighted by molar-refractivity contribution is -0.143. The van der Waals surface area contributed by atoms with Gasteiger partial charge in [-0.3, -0.25) is 4.79 Å². The predicted molar refractivity (Wildman–Crippen MR) is 81.7 cm³/mol. The van der Waals surface area contributed by atoms with Crippen molar-refractivity contribution in [2.24, 2.45) is 5.92 Å². The third-order valence-electron chi connectivity index (χ3n) is 3.75. The highest BCUT2D eigenvalue weighted by atomic mass is 16.4. The molecule has 0 unspecified atom stereocenters. The van der Waals surface area contributed by atoms with Crippen molar-refractivity contribution in [1.82, 2.24) is 10.3 Å². The van der Waals surface area contributed by atoms with Crippen LogP contribution in [0.15, 0.2) is 27.2 Å². The van der Waals surface area contributed by atoms with Gasteiger partial charge in [0.05, 0.1) is 18.4 Å². The molecule has 7 nitrogen and oxygen atoms in total. The van der Waals surface area contributed by atoms with Gasteiger partial charge in [-0.25, -0.2) is 9.78 Å². The first-order valence-electron chi connectivity index (χ1n) is 7.44. The van der Waals surface area contributed by atoms with Crippen LogP contribution in [0, 0.1) is 12.8 Å². The lowest BCUT2D eigenvalue weighted by Gasteiger charge is -2.19. The Morgan fingerprint density at radius 3 is 2.74 bits per heavy atom. The molecule has 0 fully saturated rings. The summed E-state index contributed by atoms with van der Waals surface area (Å²) >= 11 is 0. The number of carbonyl (C=O) groups excluding carboxylic acids is 1. The molecule has 2 N–H and O–H groups in total. The second-order valence-corrected chi connectivity index (χ2v) is 5.44. The molecule has 0 bridgehead atoms. The van der Waals surface area contributed by atoms with Gasteiger partial charge >= 0.3 is 5.97 Å². The van der Waals surface area contributed by atoms with Gasteiger partial charge in [-0.15, -0.1) is 0 Å². The number of carboxylic acids is 1. The molecule has 0 radical (unpaired) electrons. The quantitative estimate of drug-likeness (QED) is 0.811. The molecule has 2 aromatic rings. The number of oxazole rings is 1. The lowest BCUT2D eigenvalue weighted by atomic mass is 9.99. The molecule has 124 valence electrons. The number of hydrogen-bond acceptors (Lipinski definition) is 5. The second-order valence-electron chi connectivity index (χ2n) is 5.44. The van der Waals surface area contributed by atoms with Crippen molar-refractivity contribution in [3.05, 3.63) is 29.9 Å². The van der Waals surface area contributed by atoms with Gasteiger partial charge < -0.3 is 19.3 Å². The van der Waals surface area contributed by atoms with E-state index in [9.17, 15) is 14.7 Å². The van der Waals surface area contributed by atoms with E-state index in [-0.39, 0.29) is 12.3 Å². The molecule has 0 aliphatic heterocycles. The highest BCUT2D eigenvalue weighted by Gasteiger charge is 2.26. The van der Waals surface area contributed by atoms with Crippen molar-refractivity contribution in [2.45, 2.75) is 39.7 Å². The molecule has 0 saturated heterocycles. The highest BCUT2D eigenvalue weighted by molar-refractivity contribution is 5.85. The molecule has 2 rings (SSSR count). The smallest absolute Gasteiger partial charge is 0.326 e. The van der Waals surface area contributed by atoms with Crippen molar-refractivity contribution >= 4 is 11.9 Å². The third-order valence-corrected chi connectivity index (χ3v) is 3.75. The zero-order valence-corrected chi connectivity index (χ0v) is 13.3. The Bertz CT molecular complexity index is 675. The Kier molecular flexibility index (Phi) is 5.20. The number of nitrogens with one attached hydrogen (secondary N) is 1. The molecule has 0 aliphatic rings. The fourth-order valence-electron chi connectivity index (χ4n) is 2.16. The van der Waals surface area contributed by atoms with Crippen LogP contribution >= 0.6 is 0 Å².